The number of allylic oxidation sites excluding steroid dienone is 5. The molecule has 0 radical (unpaired) electrons. The van der Waals surface area contributed by atoms with Gasteiger partial charge in [0.2, 0.25) is 0 Å². The van der Waals surface area contributed by atoms with E-state index >= 15 is 0 Å². The summed E-state index contributed by atoms with van der Waals surface area (Å²) in [6.45, 7) is 26.2. The topological polar surface area (TPSA) is 0 Å². The van der Waals surface area contributed by atoms with E-state index in [1.54, 1.807) is 5.57 Å². The maximum absolute atomic E-state index is 4.47. The molecule has 1 fully saturated rings. The molecular weight excluding hydrogens is 264 g/mol. The SMILES string of the molecule is C=CCC(=C)C12CC(=C)C(C)C1C(C)=CC(C)C(C)C2.CC. The molecule has 0 bridgehead atoms. The van der Waals surface area contributed by atoms with Crippen LogP contribution in [-0.4, -0.2) is 0 Å². The van der Waals surface area contributed by atoms with Crippen LogP contribution in [0.15, 0.2) is 48.6 Å². The Kier molecular flexibility index (Phi) is 6.47. The van der Waals surface area contributed by atoms with Crippen LogP contribution in [0.4, 0.5) is 0 Å². The summed E-state index contributed by atoms with van der Waals surface area (Å²) in [5, 5.41) is 0. The van der Waals surface area contributed by atoms with E-state index in [4.69, 9.17) is 0 Å². The molecule has 0 amide bonds. The highest BCUT2D eigenvalue weighted by Crippen LogP contribution is 2.61. The first-order valence-electron chi connectivity index (χ1n) is 8.98. The second-order valence-corrected chi connectivity index (χ2v) is 7.31. The van der Waals surface area contributed by atoms with Gasteiger partial charge in [0.15, 0.2) is 0 Å². The molecule has 0 nitrogen and oxygen atoms in total. The van der Waals surface area contributed by atoms with E-state index in [1.165, 1.54) is 17.6 Å². The van der Waals surface area contributed by atoms with Gasteiger partial charge < -0.3 is 0 Å². The maximum atomic E-state index is 4.47. The normalized spacial score (nSPS) is 37.4. The minimum absolute atomic E-state index is 0.218. The van der Waals surface area contributed by atoms with Gasteiger partial charge in [0, 0.05) is 5.41 Å². The predicted molar refractivity (Wildman–Crippen MR) is 101 cm³/mol. The molecule has 0 N–H and O–H groups in total. The average molecular weight is 301 g/mol. The number of fused-ring (bicyclic) bond motifs is 1. The molecule has 0 heteroatoms. The van der Waals surface area contributed by atoms with E-state index in [-0.39, 0.29) is 5.41 Å². The lowest BCUT2D eigenvalue weighted by atomic mass is 9.64. The first-order chi connectivity index (χ1) is 10.3. The van der Waals surface area contributed by atoms with E-state index in [1.807, 2.05) is 19.9 Å². The van der Waals surface area contributed by atoms with Crippen LogP contribution in [-0.2, 0) is 0 Å². The number of hydrogen-bond acceptors (Lipinski definition) is 0. The van der Waals surface area contributed by atoms with Crippen molar-refractivity contribution in [3.8, 4) is 0 Å². The summed E-state index contributed by atoms with van der Waals surface area (Å²) in [4.78, 5) is 0. The van der Waals surface area contributed by atoms with Crippen LogP contribution in [0.1, 0.15) is 60.8 Å². The van der Waals surface area contributed by atoms with Crippen LogP contribution in [0.2, 0.25) is 0 Å². The summed E-state index contributed by atoms with van der Waals surface area (Å²) in [5.74, 6) is 2.53. The molecule has 0 aromatic carbocycles. The highest BCUT2D eigenvalue weighted by atomic mass is 14.6. The Morgan fingerprint density at radius 3 is 2.45 bits per heavy atom. The Balaban J connectivity index is 0.00000116. The molecule has 1 saturated carbocycles. The van der Waals surface area contributed by atoms with Crippen molar-refractivity contribution in [2.24, 2.45) is 29.1 Å². The molecule has 2 aliphatic carbocycles. The van der Waals surface area contributed by atoms with E-state index in [2.05, 4.69) is 53.5 Å². The predicted octanol–water partition coefficient (Wildman–Crippen LogP) is 6.97. The molecule has 2 aliphatic rings. The fourth-order valence-corrected chi connectivity index (χ4v) is 4.73. The standard InChI is InChI=1S/C20H30.C2H6/c1-8-9-17(6)20-11-15(4)13(2)10-14(3)19(20)18(7)16(5)12-20;1-2/h8,10,13,15,18-19H,1,5-6,9,11-12H2,2-4,7H3;1-2H3. The molecule has 5 unspecified atom stereocenters. The van der Waals surface area contributed by atoms with Gasteiger partial charge in [-0.05, 0) is 49.9 Å². The maximum Gasteiger partial charge on any atom is 0.00230 e. The van der Waals surface area contributed by atoms with Crippen molar-refractivity contribution in [2.45, 2.75) is 60.8 Å². The molecule has 0 spiro atoms. The van der Waals surface area contributed by atoms with Gasteiger partial charge in [0.1, 0.15) is 0 Å². The summed E-state index contributed by atoms with van der Waals surface area (Å²) in [6.07, 6.45) is 7.81. The van der Waals surface area contributed by atoms with E-state index < -0.39 is 0 Å². The third-order valence-electron chi connectivity index (χ3n) is 5.98. The zero-order valence-electron chi connectivity index (χ0n) is 15.7. The van der Waals surface area contributed by atoms with Gasteiger partial charge in [-0.1, -0.05) is 76.6 Å². The summed E-state index contributed by atoms with van der Waals surface area (Å²) in [7, 11) is 0. The lowest BCUT2D eigenvalue weighted by Crippen LogP contribution is -2.31. The molecule has 0 aromatic rings. The fourth-order valence-electron chi connectivity index (χ4n) is 4.73. The van der Waals surface area contributed by atoms with Gasteiger partial charge in [-0.3, -0.25) is 0 Å². The second-order valence-electron chi connectivity index (χ2n) is 7.31. The monoisotopic (exact) mass is 300 g/mol. The summed E-state index contributed by atoms with van der Waals surface area (Å²) in [6, 6.07) is 0. The van der Waals surface area contributed by atoms with E-state index in [9.17, 15) is 0 Å². The Hall–Kier alpha value is -1.04. The number of hydrogen-bond donors (Lipinski definition) is 0. The highest BCUT2D eigenvalue weighted by Gasteiger charge is 2.52. The van der Waals surface area contributed by atoms with Crippen LogP contribution in [0, 0.1) is 29.1 Å². The molecule has 5 atom stereocenters. The van der Waals surface area contributed by atoms with Gasteiger partial charge in [-0.2, -0.15) is 0 Å². The van der Waals surface area contributed by atoms with Crippen molar-refractivity contribution >= 4 is 0 Å². The van der Waals surface area contributed by atoms with Crippen molar-refractivity contribution < 1.29 is 0 Å². The van der Waals surface area contributed by atoms with Gasteiger partial charge in [0.05, 0.1) is 0 Å². The smallest absolute Gasteiger partial charge is 0.00230 e. The van der Waals surface area contributed by atoms with Gasteiger partial charge in [0.25, 0.3) is 0 Å². The highest BCUT2D eigenvalue weighted by molar-refractivity contribution is 5.35. The largest absolute Gasteiger partial charge is 0.103 e. The fraction of sp³-hybridized carbons (Fsp3) is 0.636. The van der Waals surface area contributed by atoms with Crippen molar-refractivity contribution in [1.29, 1.82) is 0 Å². The lowest BCUT2D eigenvalue weighted by Gasteiger charge is -2.40. The zero-order chi connectivity index (χ0) is 17.1. The molecule has 124 valence electrons. The average Bonchev–Trinajstić information content (AvgIpc) is 2.67. The lowest BCUT2D eigenvalue weighted by molar-refractivity contribution is 0.200. The van der Waals surface area contributed by atoms with Crippen molar-refractivity contribution in [3.05, 3.63) is 48.6 Å². The molecule has 2 rings (SSSR count). The summed E-state index contributed by atoms with van der Waals surface area (Å²) < 4.78 is 0. The first-order valence-corrected chi connectivity index (χ1v) is 8.98. The Bertz CT molecular complexity index is 464. The zero-order valence-corrected chi connectivity index (χ0v) is 15.7. The van der Waals surface area contributed by atoms with Crippen molar-refractivity contribution in [3.63, 3.8) is 0 Å². The van der Waals surface area contributed by atoms with Gasteiger partial charge in [-0.25, -0.2) is 0 Å². The van der Waals surface area contributed by atoms with Crippen LogP contribution in [0.25, 0.3) is 0 Å². The Labute approximate surface area is 139 Å². The third kappa shape index (κ3) is 3.16. The van der Waals surface area contributed by atoms with Crippen LogP contribution < -0.4 is 0 Å². The molecule has 0 saturated heterocycles. The minimum Gasteiger partial charge on any atom is -0.103 e. The molecule has 0 heterocycles. The Morgan fingerprint density at radius 1 is 1.32 bits per heavy atom. The van der Waals surface area contributed by atoms with Gasteiger partial charge >= 0.3 is 0 Å². The summed E-state index contributed by atoms with van der Waals surface area (Å²) in [5.41, 5.74) is 4.56. The van der Waals surface area contributed by atoms with Gasteiger partial charge in [-0.15, -0.1) is 6.58 Å². The van der Waals surface area contributed by atoms with E-state index in [0.717, 1.165) is 12.8 Å². The number of rotatable bonds is 3. The molecule has 22 heavy (non-hydrogen) atoms. The minimum atomic E-state index is 0.218. The third-order valence-corrected chi connectivity index (χ3v) is 5.98. The van der Waals surface area contributed by atoms with Crippen molar-refractivity contribution in [1.82, 2.24) is 0 Å². The molecular formula is C22H36. The Morgan fingerprint density at radius 2 is 1.91 bits per heavy atom. The van der Waals surface area contributed by atoms with Crippen LogP contribution in [0.3, 0.4) is 0 Å². The van der Waals surface area contributed by atoms with Crippen molar-refractivity contribution in [2.75, 3.05) is 0 Å². The second kappa shape index (κ2) is 7.49. The molecule has 0 aromatic heterocycles. The molecule has 0 aliphatic heterocycles. The van der Waals surface area contributed by atoms with Crippen LogP contribution >= 0.6 is 0 Å². The van der Waals surface area contributed by atoms with Crippen LogP contribution in [0.5, 0.6) is 0 Å². The summed E-state index contributed by atoms with van der Waals surface area (Å²) >= 11 is 0. The van der Waals surface area contributed by atoms with E-state index in [0.29, 0.717) is 23.7 Å². The first kappa shape index (κ1) is 19.0. The quantitative estimate of drug-likeness (QED) is 0.494.